The van der Waals surface area contributed by atoms with Crippen molar-refractivity contribution in [3.05, 3.63) is 36.5 Å². The minimum absolute atomic E-state index is 0.0972. The number of fused-ring (bicyclic) bond motifs is 1. The predicted octanol–water partition coefficient (Wildman–Crippen LogP) is 1.67. The zero-order valence-corrected chi connectivity index (χ0v) is 11.7. The molecule has 1 amide bonds. The van der Waals surface area contributed by atoms with E-state index in [-0.39, 0.29) is 5.91 Å². The van der Waals surface area contributed by atoms with Gasteiger partial charge in [0.1, 0.15) is 11.6 Å². The first-order valence-electron chi connectivity index (χ1n) is 7.05. The molecule has 6 heteroatoms. The number of hydrogen-bond donors (Lipinski definition) is 1. The average Bonchev–Trinajstić information content (AvgIpc) is 2.82. The minimum Gasteiger partial charge on any atom is -0.491 e. The van der Waals surface area contributed by atoms with Crippen molar-refractivity contribution < 1.29 is 9.53 Å². The quantitative estimate of drug-likeness (QED) is 0.928. The van der Waals surface area contributed by atoms with Gasteiger partial charge in [-0.25, -0.2) is 0 Å². The molecule has 1 aliphatic rings. The van der Waals surface area contributed by atoms with E-state index >= 15 is 0 Å². The molecule has 21 heavy (non-hydrogen) atoms. The number of nitrogens with zero attached hydrogens (tertiary/aromatic N) is 3. The second-order valence-electron chi connectivity index (χ2n) is 4.97. The van der Waals surface area contributed by atoms with Crippen LogP contribution in [-0.4, -0.2) is 28.8 Å². The molecule has 2 N–H and O–H groups in total. The van der Waals surface area contributed by atoms with Crippen molar-refractivity contribution in [3.8, 4) is 5.75 Å². The van der Waals surface area contributed by atoms with Gasteiger partial charge in [0.2, 0.25) is 5.91 Å². The maximum absolute atomic E-state index is 12.2. The normalized spacial score (nSPS) is 14.5. The highest BCUT2D eigenvalue weighted by Crippen LogP contribution is 2.30. The molecule has 1 aliphatic heterocycles. The third-order valence-electron chi connectivity index (χ3n) is 3.46. The highest BCUT2D eigenvalue weighted by atomic mass is 16.5. The zero-order valence-electron chi connectivity index (χ0n) is 11.7. The summed E-state index contributed by atoms with van der Waals surface area (Å²) in [5, 5.41) is 4.14. The molecule has 0 spiro atoms. The van der Waals surface area contributed by atoms with Gasteiger partial charge in [-0.1, -0.05) is 12.1 Å². The number of aryl methyl sites for hydroxylation is 1. The summed E-state index contributed by atoms with van der Waals surface area (Å²) in [4.78, 5) is 14.0. The maximum atomic E-state index is 12.2. The van der Waals surface area contributed by atoms with Gasteiger partial charge in [0.25, 0.3) is 0 Å². The topological polar surface area (TPSA) is 73.4 Å². The summed E-state index contributed by atoms with van der Waals surface area (Å²) in [7, 11) is 0. The molecule has 0 unspecified atom stereocenters. The predicted molar refractivity (Wildman–Crippen MR) is 80.2 cm³/mol. The van der Waals surface area contributed by atoms with E-state index in [1.165, 1.54) is 0 Å². The van der Waals surface area contributed by atoms with Crippen molar-refractivity contribution >= 4 is 17.4 Å². The van der Waals surface area contributed by atoms with Crippen LogP contribution < -0.4 is 15.4 Å². The van der Waals surface area contributed by atoms with Crippen LogP contribution in [0.1, 0.15) is 12.8 Å². The standard InChI is InChI=1S/C15H18N4O2/c16-14-6-10-18(17-14)8-3-9-19-12-4-1-2-5-13(12)21-11-7-15(19)20/h1-2,4-6,10H,3,7-9,11H2,(H2,16,17). The Labute approximate surface area is 123 Å². The molecular formula is C15H18N4O2. The number of amides is 1. The number of benzene rings is 1. The lowest BCUT2D eigenvalue weighted by molar-refractivity contribution is -0.118. The number of rotatable bonds is 4. The molecule has 6 nitrogen and oxygen atoms in total. The van der Waals surface area contributed by atoms with Crippen LogP contribution >= 0.6 is 0 Å². The smallest absolute Gasteiger partial charge is 0.230 e. The average molecular weight is 286 g/mol. The van der Waals surface area contributed by atoms with E-state index in [4.69, 9.17) is 10.5 Å². The molecule has 2 heterocycles. The Hall–Kier alpha value is -2.50. The summed E-state index contributed by atoms with van der Waals surface area (Å²) in [5.41, 5.74) is 6.43. The molecule has 3 rings (SSSR count). The molecule has 1 aromatic heterocycles. The number of para-hydroxylation sites is 2. The monoisotopic (exact) mass is 286 g/mol. The molecule has 0 saturated heterocycles. The largest absolute Gasteiger partial charge is 0.491 e. The Morgan fingerprint density at radius 1 is 1.24 bits per heavy atom. The lowest BCUT2D eigenvalue weighted by atomic mass is 10.2. The summed E-state index contributed by atoms with van der Waals surface area (Å²) in [6.07, 6.45) is 3.06. The number of ether oxygens (including phenoxy) is 1. The summed E-state index contributed by atoms with van der Waals surface area (Å²) in [6.45, 7) is 1.80. The van der Waals surface area contributed by atoms with Gasteiger partial charge in [-0.05, 0) is 24.6 Å². The molecule has 0 aliphatic carbocycles. The van der Waals surface area contributed by atoms with Crippen molar-refractivity contribution in [3.63, 3.8) is 0 Å². The Balaban J connectivity index is 1.69. The molecule has 1 aromatic carbocycles. The van der Waals surface area contributed by atoms with Gasteiger partial charge in [0.05, 0.1) is 18.7 Å². The number of nitrogens with two attached hydrogens (primary N) is 1. The first kappa shape index (κ1) is 13.5. The second kappa shape index (κ2) is 5.87. The lowest BCUT2D eigenvalue weighted by Crippen LogP contribution is -2.31. The third kappa shape index (κ3) is 2.99. The Kier molecular flexibility index (Phi) is 3.77. The molecular weight excluding hydrogens is 268 g/mol. The van der Waals surface area contributed by atoms with E-state index in [1.807, 2.05) is 30.5 Å². The van der Waals surface area contributed by atoms with Crippen LogP contribution in [0.25, 0.3) is 0 Å². The van der Waals surface area contributed by atoms with E-state index in [0.717, 1.165) is 24.4 Å². The van der Waals surface area contributed by atoms with Gasteiger partial charge >= 0.3 is 0 Å². The number of carbonyl (C=O) groups excluding carboxylic acids is 1. The van der Waals surface area contributed by atoms with Crippen LogP contribution in [0.4, 0.5) is 11.5 Å². The highest BCUT2D eigenvalue weighted by molar-refractivity contribution is 5.95. The van der Waals surface area contributed by atoms with Crippen molar-refractivity contribution in [2.24, 2.45) is 0 Å². The van der Waals surface area contributed by atoms with Crippen LogP contribution in [0, 0.1) is 0 Å². The first-order valence-corrected chi connectivity index (χ1v) is 7.05. The van der Waals surface area contributed by atoms with E-state index in [0.29, 0.717) is 25.4 Å². The number of hydrogen-bond acceptors (Lipinski definition) is 4. The summed E-state index contributed by atoms with van der Waals surface area (Å²) in [6, 6.07) is 9.42. The van der Waals surface area contributed by atoms with Crippen LogP contribution in [-0.2, 0) is 11.3 Å². The van der Waals surface area contributed by atoms with Gasteiger partial charge in [-0.15, -0.1) is 0 Å². The molecule has 0 bridgehead atoms. The van der Waals surface area contributed by atoms with Crippen molar-refractivity contribution in [2.75, 3.05) is 23.8 Å². The minimum atomic E-state index is 0.0972. The van der Waals surface area contributed by atoms with E-state index < -0.39 is 0 Å². The number of aromatic nitrogens is 2. The van der Waals surface area contributed by atoms with Gasteiger partial charge in [-0.2, -0.15) is 5.10 Å². The Morgan fingerprint density at radius 2 is 2.10 bits per heavy atom. The molecule has 110 valence electrons. The summed E-state index contributed by atoms with van der Waals surface area (Å²) >= 11 is 0. The molecule has 0 atom stereocenters. The van der Waals surface area contributed by atoms with Crippen LogP contribution in [0.15, 0.2) is 36.5 Å². The van der Waals surface area contributed by atoms with Crippen LogP contribution in [0.2, 0.25) is 0 Å². The fraction of sp³-hybridized carbons (Fsp3) is 0.333. The van der Waals surface area contributed by atoms with Gasteiger partial charge in [0, 0.05) is 19.3 Å². The number of anilines is 2. The fourth-order valence-electron chi connectivity index (χ4n) is 2.46. The second-order valence-corrected chi connectivity index (χ2v) is 4.97. The van der Waals surface area contributed by atoms with Gasteiger partial charge in [-0.3, -0.25) is 9.48 Å². The zero-order chi connectivity index (χ0) is 14.7. The number of carbonyl (C=O) groups is 1. The van der Waals surface area contributed by atoms with E-state index in [2.05, 4.69) is 5.10 Å². The molecule has 0 saturated carbocycles. The van der Waals surface area contributed by atoms with Gasteiger partial charge < -0.3 is 15.4 Å². The molecule has 2 aromatic rings. The highest BCUT2D eigenvalue weighted by Gasteiger charge is 2.22. The van der Waals surface area contributed by atoms with Crippen molar-refractivity contribution in [1.82, 2.24) is 9.78 Å². The molecule has 0 radical (unpaired) electrons. The van der Waals surface area contributed by atoms with Gasteiger partial charge in [0.15, 0.2) is 0 Å². The maximum Gasteiger partial charge on any atom is 0.230 e. The van der Waals surface area contributed by atoms with E-state index in [9.17, 15) is 4.79 Å². The van der Waals surface area contributed by atoms with Crippen LogP contribution in [0.5, 0.6) is 5.75 Å². The van der Waals surface area contributed by atoms with Crippen molar-refractivity contribution in [1.29, 1.82) is 0 Å². The van der Waals surface area contributed by atoms with Crippen molar-refractivity contribution in [2.45, 2.75) is 19.4 Å². The lowest BCUT2D eigenvalue weighted by Gasteiger charge is -2.21. The third-order valence-corrected chi connectivity index (χ3v) is 3.46. The number of nitrogen functional groups attached to an aromatic ring is 1. The summed E-state index contributed by atoms with van der Waals surface area (Å²) < 4.78 is 7.41. The Morgan fingerprint density at radius 3 is 2.90 bits per heavy atom. The first-order chi connectivity index (χ1) is 10.2. The fourth-order valence-corrected chi connectivity index (χ4v) is 2.46. The summed E-state index contributed by atoms with van der Waals surface area (Å²) in [5.74, 6) is 1.38. The van der Waals surface area contributed by atoms with Crippen LogP contribution in [0.3, 0.4) is 0 Å². The SMILES string of the molecule is Nc1ccn(CCCN2C(=O)CCOc3ccccc32)n1. The van der Waals surface area contributed by atoms with E-state index in [1.54, 1.807) is 15.6 Å². The Bertz CT molecular complexity index is 638. The molecule has 0 fully saturated rings.